The summed E-state index contributed by atoms with van der Waals surface area (Å²) >= 11 is 0. The first-order valence-corrected chi connectivity index (χ1v) is 34.0. The summed E-state index contributed by atoms with van der Waals surface area (Å²) in [5, 5.41) is 0. The van der Waals surface area contributed by atoms with Gasteiger partial charge in [-0.15, -0.1) is 0 Å². The normalized spacial score (nSPS) is 13.8. The van der Waals surface area contributed by atoms with Gasteiger partial charge >= 0.3 is 15.6 Å². The molecule has 0 unspecified atom stereocenters. The van der Waals surface area contributed by atoms with E-state index in [4.69, 9.17) is 21.2 Å². The third-order valence-electron chi connectivity index (χ3n) is 9.89. The number of phosphoric acid groups is 2. The van der Waals surface area contributed by atoms with E-state index in [1.165, 1.54) is 0 Å². The van der Waals surface area contributed by atoms with Crippen molar-refractivity contribution in [3.8, 4) is 0 Å². The van der Waals surface area contributed by atoms with Crippen LogP contribution in [0.25, 0.3) is 0 Å². The van der Waals surface area contributed by atoms with Crippen LogP contribution in [0.2, 0.25) is 72.5 Å². The molecule has 0 amide bonds. The van der Waals surface area contributed by atoms with Crippen molar-refractivity contribution in [1.82, 2.24) is 0 Å². The van der Waals surface area contributed by atoms with E-state index in [-0.39, 0.29) is 0 Å². The summed E-state index contributed by atoms with van der Waals surface area (Å²) in [5.41, 5.74) is 0. The second kappa shape index (κ2) is 26.0. The Bertz CT molecular complexity index is 739. The molecule has 0 fully saturated rings. The molecule has 0 aliphatic carbocycles. The van der Waals surface area contributed by atoms with E-state index in [1.807, 2.05) is 0 Å². The van der Waals surface area contributed by atoms with E-state index >= 15 is 9.13 Å². The highest BCUT2D eigenvalue weighted by Gasteiger charge is 2.55. The van der Waals surface area contributed by atoms with Crippen LogP contribution in [-0.4, -0.2) is 33.3 Å². The zero-order valence-electron chi connectivity index (χ0n) is 34.7. The Hall–Kier alpha value is 1.13. The predicted octanol–water partition coefficient (Wildman–Crippen LogP) is 16.0. The van der Waals surface area contributed by atoms with E-state index in [9.17, 15) is 0 Å². The van der Waals surface area contributed by atoms with Crippen LogP contribution >= 0.6 is 15.6 Å². The molecule has 0 aliphatic rings. The van der Waals surface area contributed by atoms with E-state index in [0.29, 0.717) is 0 Å². The number of hydrogen-bond donors (Lipinski definition) is 0. The first kappa shape index (κ1) is 50.1. The molecule has 0 atom stereocenters. The summed E-state index contributed by atoms with van der Waals surface area (Å²) in [7, 11) is -19.2. The van der Waals surface area contributed by atoms with Crippen molar-refractivity contribution >= 4 is 48.9 Å². The lowest BCUT2D eigenvalue weighted by Crippen LogP contribution is -2.43. The molecule has 0 bridgehead atoms. The van der Waals surface area contributed by atoms with E-state index in [0.717, 1.165) is 150 Å². The molecule has 0 aromatic heterocycles. The standard InChI is InChI=1S/C36H84O7P2Si4/c1-13-25-46(26-14-2,27-15-3)40-44(37,41-47(28-16-4,29-17-5)30-18-6)39-45(38,42-48(31-19-7,32-20-8)33-21-9)43-49(34-22-10,35-23-11)36-24-12/h13-36H2,1-12H3. The fourth-order valence-electron chi connectivity index (χ4n) is 8.69. The molecule has 296 valence electrons. The summed E-state index contributed by atoms with van der Waals surface area (Å²) < 4.78 is 67.1. The van der Waals surface area contributed by atoms with Gasteiger partial charge in [0.2, 0.25) is 33.3 Å². The van der Waals surface area contributed by atoms with Crippen LogP contribution in [0.15, 0.2) is 0 Å². The monoisotopic (exact) mass is 802 g/mol. The van der Waals surface area contributed by atoms with Crippen molar-refractivity contribution in [2.24, 2.45) is 0 Å². The average Bonchev–Trinajstić information content (AvgIpc) is 2.98. The molecule has 0 rings (SSSR count). The molecule has 0 heterocycles. The fourth-order valence-corrected chi connectivity index (χ4v) is 38.3. The van der Waals surface area contributed by atoms with Crippen molar-refractivity contribution < 1.29 is 30.3 Å². The molecular weight excluding hydrogens is 719 g/mol. The molecule has 0 aromatic rings. The van der Waals surface area contributed by atoms with Crippen molar-refractivity contribution in [2.75, 3.05) is 0 Å². The highest BCUT2D eigenvalue weighted by Crippen LogP contribution is 2.71. The fraction of sp³-hybridized carbons (Fsp3) is 1.00. The lowest BCUT2D eigenvalue weighted by Gasteiger charge is -2.42. The Morgan fingerprint density at radius 3 is 0.510 bits per heavy atom. The molecule has 0 saturated heterocycles. The minimum atomic E-state index is -4.39. The van der Waals surface area contributed by atoms with Crippen LogP contribution in [0.5, 0.6) is 0 Å². The molecule has 0 aliphatic heterocycles. The van der Waals surface area contributed by atoms with Gasteiger partial charge < -0.3 is 16.9 Å². The maximum atomic E-state index is 15.9. The van der Waals surface area contributed by atoms with Gasteiger partial charge in [0.1, 0.15) is 0 Å². The maximum absolute atomic E-state index is 15.9. The highest BCUT2D eigenvalue weighted by molar-refractivity contribution is 7.65. The SMILES string of the molecule is CCC[Si](CCC)(CCC)OP(=O)(O[Si](CCC)(CCC)CCC)OP(=O)(O[Si](CCC)(CCC)CCC)O[Si](CCC)(CCC)CCC. The third-order valence-corrected chi connectivity index (χ3v) is 38.2. The first-order chi connectivity index (χ1) is 23.3. The number of rotatable bonds is 34. The van der Waals surface area contributed by atoms with Crippen LogP contribution in [0.1, 0.15) is 160 Å². The first-order valence-electron chi connectivity index (χ1n) is 21.0. The Balaban J connectivity index is 7.91. The second-order valence-electron chi connectivity index (χ2n) is 15.1. The van der Waals surface area contributed by atoms with E-state index < -0.39 is 48.9 Å². The van der Waals surface area contributed by atoms with Crippen molar-refractivity contribution in [1.29, 1.82) is 0 Å². The number of hydrogen-bond acceptors (Lipinski definition) is 7. The van der Waals surface area contributed by atoms with Crippen LogP contribution < -0.4 is 0 Å². The molecular formula is C36H84O7P2Si4. The smallest absolute Gasteiger partial charge is 0.329 e. The molecule has 0 radical (unpaired) electrons. The highest BCUT2D eigenvalue weighted by atomic mass is 31.3. The van der Waals surface area contributed by atoms with Gasteiger partial charge in [-0.25, -0.2) is 9.13 Å². The molecule has 49 heavy (non-hydrogen) atoms. The van der Waals surface area contributed by atoms with Gasteiger partial charge in [-0.2, -0.15) is 4.31 Å². The molecule has 13 heteroatoms. The van der Waals surface area contributed by atoms with E-state index in [1.54, 1.807) is 0 Å². The van der Waals surface area contributed by atoms with Crippen LogP contribution in [0.3, 0.4) is 0 Å². The van der Waals surface area contributed by atoms with Gasteiger partial charge in [0.15, 0.2) is 0 Å². The summed E-state index contributed by atoms with van der Waals surface area (Å²) in [5.74, 6) is 0. The Morgan fingerprint density at radius 2 is 0.408 bits per heavy atom. The van der Waals surface area contributed by atoms with E-state index in [2.05, 4.69) is 83.1 Å². The minimum Gasteiger partial charge on any atom is -0.329 e. The van der Waals surface area contributed by atoms with Crippen LogP contribution in [0.4, 0.5) is 0 Å². The van der Waals surface area contributed by atoms with Gasteiger partial charge in [-0.3, -0.25) is 0 Å². The molecule has 0 aromatic carbocycles. The van der Waals surface area contributed by atoms with Gasteiger partial charge in [-0.05, 0) is 72.5 Å². The van der Waals surface area contributed by atoms with Crippen LogP contribution in [-0.2, 0) is 30.3 Å². The van der Waals surface area contributed by atoms with Gasteiger partial charge in [-0.1, -0.05) is 160 Å². The lowest BCUT2D eigenvalue weighted by molar-refractivity contribution is 0.229. The Kier molecular flexibility index (Phi) is 26.6. The Labute approximate surface area is 310 Å². The zero-order valence-corrected chi connectivity index (χ0v) is 40.5. The van der Waals surface area contributed by atoms with Crippen molar-refractivity contribution in [3.63, 3.8) is 0 Å². The van der Waals surface area contributed by atoms with Crippen LogP contribution in [0, 0.1) is 0 Å². The third kappa shape index (κ3) is 17.4. The average molecular weight is 803 g/mol. The molecule has 0 N–H and O–H groups in total. The van der Waals surface area contributed by atoms with Crippen molar-refractivity contribution in [3.05, 3.63) is 0 Å². The molecule has 7 nitrogen and oxygen atoms in total. The molecule has 0 spiro atoms. The Morgan fingerprint density at radius 1 is 0.286 bits per heavy atom. The van der Waals surface area contributed by atoms with Crippen molar-refractivity contribution in [2.45, 2.75) is 233 Å². The largest absolute Gasteiger partial charge is 0.464 e. The topological polar surface area (TPSA) is 80.3 Å². The molecule has 0 saturated carbocycles. The van der Waals surface area contributed by atoms with Gasteiger partial charge in [0, 0.05) is 0 Å². The van der Waals surface area contributed by atoms with Gasteiger partial charge in [0.05, 0.1) is 0 Å². The lowest BCUT2D eigenvalue weighted by atomic mass is 10.6. The second-order valence-corrected chi connectivity index (χ2v) is 35.9. The predicted molar refractivity (Wildman–Crippen MR) is 225 cm³/mol. The zero-order chi connectivity index (χ0) is 37.5. The summed E-state index contributed by atoms with van der Waals surface area (Å²) in [4.78, 5) is 0. The summed E-state index contributed by atoms with van der Waals surface area (Å²) in [6, 6.07) is 10.5. The summed E-state index contributed by atoms with van der Waals surface area (Å²) in [6.07, 6.45) is 11.3. The maximum Gasteiger partial charge on any atom is 0.464 e. The van der Waals surface area contributed by atoms with Gasteiger partial charge in [0.25, 0.3) is 0 Å². The minimum absolute atomic E-state index is 0.877. The summed E-state index contributed by atoms with van der Waals surface area (Å²) in [6.45, 7) is 26.2. The quantitative estimate of drug-likeness (QED) is 0.0473.